The van der Waals surface area contributed by atoms with Crippen LogP contribution in [0.3, 0.4) is 0 Å². The number of rotatable bonds is 5. The number of benzene rings is 1. The average molecular weight is 416 g/mol. The van der Waals surface area contributed by atoms with Crippen molar-refractivity contribution < 1.29 is 4.21 Å². The van der Waals surface area contributed by atoms with Gasteiger partial charge in [0.2, 0.25) is 0 Å². The summed E-state index contributed by atoms with van der Waals surface area (Å²) in [5, 5.41) is 4.88. The molecular weight excluding hydrogens is 394 g/mol. The highest BCUT2D eigenvalue weighted by atomic mass is 35.5. The largest absolute Gasteiger partial charge is 0.354 e. The van der Waals surface area contributed by atoms with Gasteiger partial charge in [-0.1, -0.05) is 41.9 Å². The summed E-state index contributed by atoms with van der Waals surface area (Å²) in [7, 11) is 0. The molecule has 8 heteroatoms. The maximum atomic E-state index is 11.7. The Hall–Kier alpha value is -1.96. The van der Waals surface area contributed by atoms with Gasteiger partial charge in [-0.25, -0.2) is 18.0 Å². The third-order valence-electron chi connectivity index (χ3n) is 6.09. The Morgan fingerprint density at radius 2 is 2.04 bits per heavy atom. The molecule has 3 aromatic rings. The van der Waals surface area contributed by atoms with Crippen LogP contribution in [0, 0.1) is 12.3 Å². The first kappa shape index (κ1) is 18.1. The number of thiol groups is 1. The normalized spacial score (nSPS) is 18.6. The monoisotopic (exact) mass is 415 g/mol. The van der Waals surface area contributed by atoms with Crippen molar-refractivity contribution in [1.29, 1.82) is 0 Å². The molecule has 5 rings (SSSR count). The Morgan fingerprint density at radius 1 is 1.29 bits per heavy atom. The lowest BCUT2D eigenvalue weighted by Crippen LogP contribution is -2.66. The maximum absolute atomic E-state index is 11.7. The molecule has 6 nitrogen and oxygen atoms in total. The highest BCUT2D eigenvalue weighted by Gasteiger charge is 2.54. The molecule has 3 heterocycles. The second kappa shape index (κ2) is 6.83. The molecule has 1 aliphatic heterocycles. The molecule has 1 spiro atoms. The number of hydrogen-bond donors (Lipinski definition) is 1. The maximum Gasteiger partial charge on any atom is 0.156 e. The van der Waals surface area contributed by atoms with Crippen LogP contribution in [-0.2, 0) is 18.4 Å². The van der Waals surface area contributed by atoms with Crippen LogP contribution in [-0.4, -0.2) is 42.2 Å². The smallest absolute Gasteiger partial charge is 0.156 e. The SMILES string of the molecule is Cc1cc(Cl)n2ncnc(N3CC4(CC(N(Cc5ccccc5)[SH]=O)C4)C3)c12. The fourth-order valence-corrected chi connectivity index (χ4v) is 5.52. The third kappa shape index (κ3) is 2.93. The number of aromatic nitrogens is 3. The van der Waals surface area contributed by atoms with Gasteiger partial charge in [0, 0.05) is 31.1 Å². The molecule has 0 amide bonds. The molecule has 1 saturated heterocycles. The summed E-state index contributed by atoms with van der Waals surface area (Å²) < 4.78 is 15.5. The summed E-state index contributed by atoms with van der Waals surface area (Å²) >= 11 is 6.37. The molecule has 0 unspecified atom stereocenters. The summed E-state index contributed by atoms with van der Waals surface area (Å²) in [6.45, 7) is 4.73. The predicted molar refractivity (Wildman–Crippen MR) is 112 cm³/mol. The van der Waals surface area contributed by atoms with Crippen LogP contribution >= 0.6 is 11.6 Å². The highest BCUT2D eigenvalue weighted by molar-refractivity contribution is 7.63. The number of anilines is 1. The van der Waals surface area contributed by atoms with Gasteiger partial charge in [-0.2, -0.15) is 5.10 Å². The van der Waals surface area contributed by atoms with Gasteiger partial charge in [0.15, 0.2) is 5.82 Å². The molecule has 0 N–H and O–H groups in total. The minimum atomic E-state index is 0.110. The van der Waals surface area contributed by atoms with Crippen LogP contribution in [0.1, 0.15) is 24.0 Å². The predicted octanol–water partition coefficient (Wildman–Crippen LogP) is 3.02. The molecule has 1 aromatic carbocycles. The van der Waals surface area contributed by atoms with E-state index >= 15 is 0 Å². The molecule has 0 radical (unpaired) electrons. The summed E-state index contributed by atoms with van der Waals surface area (Å²) in [6, 6.07) is 12.5. The van der Waals surface area contributed by atoms with E-state index in [2.05, 4.69) is 27.1 Å². The highest BCUT2D eigenvalue weighted by Crippen LogP contribution is 2.51. The fourth-order valence-electron chi connectivity index (χ4n) is 4.71. The van der Waals surface area contributed by atoms with E-state index in [-0.39, 0.29) is 11.9 Å². The Bertz CT molecular complexity index is 1030. The molecule has 2 fully saturated rings. The quantitative estimate of drug-likeness (QED) is 0.651. The zero-order chi connectivity index (χ0) is 19.3. The van der Waals surface area contributed by atoms with Crippen LogP contribution in [0.15, 0.2) is 42.7 Å². The Kier molecular flexibility index (Phi) is 4.41. The minimum Gasteiger partial charge on any atom is -0.354 e. The van der Waals surface area contributed by atoms with E-state index in [1.165, 1.54) is 5.56 Å². The molecule has 1 aliphatic carbocycles. The summed E-state index contributed by atoms with van der Waals surface area (Å²) in [4.78, 5) is 6.84. The number of hydrogen-bond acceptors (Lipinski definition) is 4. The second-order valence-electron chi connectivity index (χ2n) is 8.08. The summed E-state index contributed by atoms with van der Waals surface area (Å²) in [6.07, 6.45) is 3.72. The van der Waals surface area contributed by atoms with Crippen molar-refractivity contribution in [3.63, 3.8) is 0 Å². The van der Waals surface area contributed by atoms with E-state index in [1.807, 2.05) is 35.5 Å². The lowest BCUT2D eigenvalue weighted by atomic mass is 9.60. The van der Waals surface area contributed by atoms with Crippen LogP contribution in [0.4, 0.5) is 5.82 Å². The minimum absolute atomic E-state index is 0.110. The summed E-state index contributed by atoms with van der Waals surface area (Å²) in [5.74, 6) is 0.955. The molecule has 0 atom stereocenters. The van der Waals surface area contributed by atoms with Gasteiger partial charge in [0.05, 0.1) is 11.9 Å². The molecule has 1 saturated carbocycles. The van der Waals surface area contributed by atoms with Crippen LogP contribution < -0.4 is 4.90 Å². The van der Waals surface area contributed by atoms with Crippen LogP contribution in [0.5, 0.6) is 0 Å². The van der Waals surface area contributed by atoms with Crippen molar-refractivity contribution >= 4 is 34.8 Å². The summed E-state index contributed by atoms with van der Waals surface area (Å²) in [5.41, 5.74) is 3.59. The lowest BCUT2D eigenvalue weighted by molar-refractivity contribution is 0.0139. The van der Waals surface area contributed by atoms with E-state index in [1.54, 1.807) is 10.8 Å². The van der Waals surface area contributed by atoms with E-state index in [0.717, 1.165) is 49.4 Å². The van der Waals surface area contributed by atoms with E-state index in [0.29, 0.717) is 16.6 Å². The van der Waals surface area contributed by atoms with Crippen molar-refractivity contribution in [3.8, 4) is 0 Å². The fraction of sp³-hybridized carbons (Fsp3) is 0.400. The number of nitrogens with zero attached hydrogens (tertiary/aromatic N) is 5. The zero-order valence-corrected chi connectivity index (χ0v) is 17.3. The van der Waals surface area contributed by atoms with Gasteiger partial charge in [-0.3, -0.25) is 0 Å². The molecule has 146 valence electrons. The van der Waals surface area contributed by atoms with Gasteiger partial charge in [0.1, 0.15) is 17.0 Å². The Labute approximate surface area is 172 Å². The van der Waals surface area contributed by atoms with Gasteiger partial charge >= 0.3 is 0 Å². The Balaban J connectivity index is 1.25. The van der Waals surface area contributed by atoms with E-state index in [4.69, 9.17) is 11.6 Å². The van der Waals surface area contributed by atoms with Crippen molar-refractivity contribution in [2.24, 2.45) is 5.41 Å². The van der Waals surface area contributed by atoms with Gasteiger partial charge in [0.25, 0.3) is 0 Å². The van der Waals surface area contributed by atoms with Crippen LogP contribution in [0.25, 0.3) is 5.52 Å². The lowest BCUT2D eigenvalue weighted by Gasteiger charge is -2.60. The number of aryl methyl sites for hydroxylation is 1. The topological polar surface area (TPSA) is 53.7 Å². The molecule has 2 aromatic heterocycles. The first-order valence-corrected chi connectivity index (χ1v) is 10.6. The Morgan fingerprint density at radius 3 is 2.75 bits per heavy atom. The first-order chi connectivity index (χ1) is 13.6. The van der Waals surface area contributed by atoms with Gasteiger partial charge in [-0.15, -0.1) is 0 Å². The van der Waals surface area contributed by atoms with Crippen LogP contribution in [0.2, 0.25) is 5.15 Å². The van der Waals surface area contributed by atoms with Crippen molar-refractivity contribution in [1.82, 2.24) is 18.9 Å². The van der Waals surface area contributed by atoms with Gasteiger partial charge in [-0.05, 0) is 37.0 Å². The van der Waals surface area contributed by atoms with E-state index < -0.39 is 0 Å². The molecule has 0 bridgehead atoms. The van der Waals surface area contributed by atoms with E-state index in [9.17, 15) is 4.21 Å². The standard InChI is InChI=1S/C20H22ClN5OS/c1-14-7-17(21)26-18(14)19(22-13-23-26)24-11-20(12-24)8-16(9-20)25(28-27)10-15-5-3-2-4-6-15/h2-7,13,16,28H,8-12H2,1H3. The number of halogens is 1. The molecular formula is C20H22ClN5OS. The third-order valence-corrected chi connectivity index (χ3v) is 7.03. The van der Waals surface area contributed by atoms with Crippen molar-refractivity contribution in [2.45, 2.75) is 32.4 Å². The molecule has 2 aliphatic rings. The van der Waals surface area contributed by atoms with Gasteiger partial charge < -0.3 is 4.90 Å². The van der Waals surface area contributed by atoms with Crippen molar-refractivity contribution in [2.75, 3.05) is 18.0 Å². The first-order valence-electron chi connectivity index (χ1n) is 9.46. The van der Waals surface area contributed by atoms with Crippen molar-refractivity contribution in [3.05, 3.63) is 59.0 Å². The second-order valence-corrected chi connectivity index (χ2v) is 9.14. The average Bonchev–Trinajstić information content (AvgIpc) is 2.94. The number of fused-ring (bicyclic) bond motifs is 1. The zero-order valence-electron chi connectivity index (χ0n) is 15.6. The molecule has 28 heavy (non-hydrogen) atoms.